The Labute approximate surface area is 152 Å². The van der Waals surface area contributed by atoms with Gasteiger partial charge >= 0.3 is 6.18 Å². The zero-order valence-corrected chi connectivity index (χ0v) is 14.4. The zero-order chi connectivity index (χ0) is 18.7. The summed E-state index contributed by atoms with van der Waals surface area (Å²) in [5.74, 6) is 0.0474. The number of anilines is 1. The van der Waals surface area contributed by atoms with Crippen LogP contribution in [0.5, 0.6) is 0 Å². The molecule has 3 rings (SSSR count). The van der Waals surface area contributed by atoms with Crippen LogP contribution in [0.25, 0.3) is 0 Å². The molecule has 26 heavy (non-hydrogen) atoms. The van der Waals surface area contributed by atoms with Crippen LogP contribution in [0.4, 0.5) is 19.0 Å². The topological polar surface area (TPSA) is 77.3 Å². The highest BCUT2D eigenvalue weighted by molar-refractivity contribution is 6.39. The van der Waals surface area contributed by atoms with E-state index in [1.165, 1.54) is 0 Å². The lowest BCUT2D eigenvalue weighted by Gasteiger charge is -2.26. The van der Waals surface area contributed by atoms with E-state index in [2.05, 4.69) is 15.5 Å². The van der Waals surface area contributed by atoms with Crippen molar-refractivity contribution in [3.63, 3.8) is 0 Å². The highest BCUT2D eigenvalue weighted by atomic mass is 35.5. The molecule has 0 spiro atoms. The number of rotatable bonds is 4. The third-order valence-electron chi connectivity index (χ3n) is 4.01. The number of pyridine rings is 1. The summed E-state index contributed by atoms with van der Waals surface area (Å²) in [7, 11) is 0. The number of aromatic amines is 1. The van der Waals surface area contributed by atoms with Gasteiger partial charge in [0.15, 0.2) is 6.10 Å². The van der Waals surface area contributed by atoms with Gasteiger partial charge in [-0.2, -0.15) is 13.2 Å². The summed E-state index contributed by atoms with van der Waals surface area (Å²) in [6.07, 6.45) is -3.76. The van der Waals surface area contributed by atoms with Crippen molar-refractivity contribution in [2.75, 3.05) is 38.2 Å². The number of carbonyl (C=O) groups excluding carboxylic acids is 1. The van der Waals surface area contributed by atoms with Crippen molar-refractivity contribution >= 4 is 29.0 Å². The molecule has 2 aliphatic rings. The van der Waals surface area contributed by atoms with E-state index < -0.39 is 17.8 Å². The van der Waals surface area contributed by atoms with Gasteiger partial charge in [0.1, 0.15) is 23.5 Å². The third kappa shape index (κ3) is 4.36. The first kappa shape index (κ1) is 18.7. The van der Waals surface area contributed by atoms with Gasteiger partial charge in [-0.25, -0.2) is 4.98 Å². The fourth-order valence-corrected chi connectivity index (χ4v) is 2.84. The summed E-state index contributed by atoms with van der Waals surface area (Å²) in [4.78, 5) is 21.7. The predicted molar refractivity (Wildman–Crippen MR) is 85.8 cm³/mol. The SMILES string of the molecule is O=C(C1=NO[C@@H](CNc2[nH+]cc(C(F)(F)F)cc2Cl)C1)N1CCOCC1. The molecule has 1 fully saturated rings. The van der Waals surface area contributed by atoms with Crippen LogP contribution < -0.4 is 10.3 Å². The second kappa shape index (κ2) is 7.67. The lowest BCUT2D eigenvalue weighted by Crippen LogP contribution is -2.44. The fraction of sp³-hybridized carbons (Fsp3) is 0.533. The van der Waals surface area contributed by atoms with E-state index >= 15 is 0 Å². The van der Waals surface area contributed by atoms with E-state index in [0.717, 1.165) is 12.3 Å². The van der Waals surface area contributed by atoms with Crippen LogP contribution >= 0.6 is 11.6 Å². The van der Waals surface area contributed by atoms with Crippen molar-refractivity contribution in [2.24, 2.45) is 5.16 Å². The van der Waals surface area contributed by atoms with Crippen LogP contribution in [0.1, 0.15) is 12.0 Å². The molecule has 1 aromatic rings. The highest BCUT2D eigenvalue weighted by Crippen LogP contribution is 2.31. The minimum atomic E-state index is -4.48. The first-order valence-corrected chi connectivity index (χ1v) is 8.34. The molecule has 0 radical (unpaired) electrons. The summed E-state index contributed by atoms with van der Waals surface area (Å²) >= 11 is 5.87. The van der Waals surface area contributed by atoms with E-state index in [0.29, 0.717) is 38.4 Å². The Hall–Kier alpha value is -2.07. The molecule has 0 aliphatic carbocycles. The minimum Gasteiger partial charge on any atom is -0.387 e. The van der Waals surface area contributed by atoms with Gasteiger partial charge in [0.25, 0.3) is 11.7 Å². The van der Waals surface area contributed by atoms with Crippen LogP contribution in [0, 0.1) is 0 Å². The standard InChI is InChI=1S/C15H16ClF3N4O3/c16-11-5-9(15(17,18)19)7-20-13(11)21-8-10-6-12(22-26-10)14(24)23-1-3-25-4-2-23/h5,7,10H,1-4,6,8H2,(H,20,21)/p+1/t10-/m1/s1. The monoisotopic (exact) mass is 393 g/mol. The quantitative estimate of drug-likeness (QED) is 0.842. The van der Waals surface area contributed by atoms with Crippen molar-refractivity contribution in [3.05, 3.63) is 22.8 Å². The number of nitrogens with zero attached hydrogens (tertiary/aromatic N) is 2. The van der Waals surface area contributed by atoms with Crippen LogP contribution in [-0.2, 0) is 20.5 Å². The smallest absolute Gasteiger partial charge is 0.387 e. The van der Waals surface area contributed by atoms with Crippen molar-refractivity contribution < 1.29 is 32.5 Å². The molecule has 0 saturated carbocycles. The molecular weight excluding hydrogens is 377 g/mol. The first-order valence-electron chi connectivity index (χ1n) is 7.96. The number of morpholine rings is 1. The molecule has 1 atom stereocenters. The van der Waals surface area contributed by atoms with Gasteiger partial charge in [-0.1, -0.05) is 16.8 Å². The summed E-state index contributed by atoms with van der Waals surface area (Å²) in [5, 5.41) is 6.61. The van der Waals surface area contributed by atoms with Crippen LogP contribution in [0.3, 0.4) is 0 Å². The third-order valence-corrected chi connectivity index (χ3v) is 4.30. The molecule has 0 aromatic carbocycles. The van der Waals surface area contributed by atoms with Crippen LogP contribution in [0.15, 0.2) is 17.4 Å². The number of ether oxygens (including phenoxy) is 1. The van der Waals surface area contributed by atoms with Crippen LogP contribution in [0.2, 0.25) is 5.02 Å². The molecule has 142 valence electrons. The molecular formula is C15H17ClF3N4O3+. The van der Waals surface area contributed by atoms with Gasteiger partial charge in [-0.15, -0.1) is 0 Å². The Morgan fingerprint density at radius 3 is 2.81 bits per heavy atom. The van der Waals surface area contributed by atoms with Gasteiger partial charge in [-0.3, -0.25) is 10.1 Å². The van der Waals surface area contributed by atoms with E-state index in [1.54, 1.807) is 4.90 Å². The summed E-state index contributed by atoms with van der Waals surface area (Å²) in [5.41, 5.74) is -0.548. The number of halogens is 4. The maximum Gasteiger partial charge on any atom is 0.419 e. The molecule has 1 saturated heterocycles. The van der Waals surface area contributed by atoms with Gasteiger partial charge in [0.05, 0.1) is 18.8 Å². The molecule has 1 aromatic heterocycles. The maximum atomic E-state index is 12.6. The largest absolute Gasteiger partial charge is 0.419 e. The summed E-state index contributed by atoms with van der Waals surface area (Å²) in [6.45, 7) is 2.24. The average Bonchev–Trinajstić information content (AvgIpc) is 3.09. The Bertz CT molecular complexity index is 708. The number of alkyl halides is 3. The lowest BCUT2D eigenvalue weighted by atomic mass is 10.1. The molecule has 2 N–H and O–H groups in total. The molecule has 0 unspecified atom stereocenters. The second-order valence-corrected chi connectivity index (χ2v) is 6.27. The van der Waals surface area contributed by atoms with E-state index in [9.17, 15) is 18.0 Å². The Balaban J connectivity index is 1.52. The van der Waals surface area contributed by atoms with Crippen molar-refractivity contribution in [2.45, 2.75) is 18.7 Å². The van der Waals surface area contributed by atoms with E-state index in [-0.39, 0.29) is 23.3 Å². The normalized spacial score (nSPS) is 20.5. The Morgan fingerprint density at radius 2 is 2.15 bits per heavy atom. The number of nitrogens with one attached hydrogen (secondary N) is 2. The second-order valence-electron chi connectivity index (χ2n) is 5.86. The molecule has 11 heteroatoms. The minimum absolute atomic E-state index is 0.0941. The predicted octanol–water partition coefficient (Wildman–Crippen LogP) is 1.59. The summed E-state index contributed by atoms with van der Waals surface area (Å²) < 4.78 is 43.1. The van der Waals surface area contributed by atoms with Gasteiger partial charge < -0.3 is 14.5 Å². The van der Waals surface area contributed by atoms with E-state index in [4.69, 9.17) is 21.2 Å². The summed E-state index contributed by atoms with van der Waals surface area (Å²) in [6, 6.07) is 0.833. The number of aromatic nitrogens is 1. The number of hydrogen-bond acceptors (Lipinski definition) is 5. The molecule has 7 nitrogen and oxygen atoms in total. The van der Waals surface area contributed by atoms with Crippen molar-refractivity contribution in [1.29, 1.82) is 0 Å². The lowest BCUT2D eigenvalue weighted by molar-refractivity contribution is -0.364. The van der Waals surface area contributed by atoms with Gasteiger partial charge in [-0.05, 0) is 6.07 Å². The maximum absolute atomic E-state index is 12.6. The Morgan fingerprint density at radius 1 is 1.42 bits per heavy atom. The van der Waals surface area contributed by atoms with Crippen molar-refractivity contribution in [1.82, 2.24) is 4.90 Å². The van der Waals surface area contributed by atoms with Gasteiger partial charge in [0, 0.05) is 19.5 Å². The van der Waals surface area contributed by atoms with Gasteiger partial charge in [0.2, 0.25) is 0 Å². The Kier molecular flexibility index (Phi) is 5.52. The number of amides is 1. The van der Waals surface area contributed by atoms with Crippen LogP contribution in [-0.4, -0.2) is 55.5 Å². The number of hydrogen-bond donors (Lipinski definition) is 1. The average molecular weight is 394 g/mol. The number of oxime groups is 1. The molecule has 2 aliphatic heterocycles. The van der Waals surface area contributed by atoms with Crippen molar-refractivity contribution in [3.8, 4) is 0 Å². The molecule has 3 heterocycles. The molecule has 1 amide bonds. The highest BCUT2D eigenvalue weighted by Gasteiger charge is 2.34. The fourth-order valence-electron chi connectivity index (χ4n) is 2.60. The number of H-pyrrole nitrogens is 1. The first-order chi connectivity index (χ1) is 12.3. The number of carbonyl (C=O) groups is 1. The zero-order valence-electron chi connectivity index (χ0n) is 13.6. The molecule has 0 bridgehead atoms. The van der Waals surface area contributed by atoms with E-state index in [1.807, 2.05) is 0 Å².